The summed E-state index contributed by atoms with van der Waals surface area (Å²) in [5.74, 6) is 1.07. The molecule has 0 aliphatic carbocycles. The van der Waals surface area contributed by atoms with Crippen LogP contribution in [0, 0.1) is 0 Å². The molecule has 2 aliphatic rings. The molecule has 0 bridgehead atoms. The van der Waals surface area contributed by atoms with E-state index in [-0.39, 0.29) is 18.0 Å². The lowest BCUT2D eigenvalue weighted by molar-refractivity contribution is -0.123. The molecule has 1 fully saturated rings. The first-order chi connectivity index (χ1) is 11.8. The van der Waals surface area contributed by atoms with E-state index in [4.69, 9.17) is 4.74 Å². The second-order valence-electron chi connectivity index (χ2n) is 6.52. The normalized spacial score (nSPS) is 22.0. The van der Waals surface area contributed by atoms with Crippen molar-refractivity contribution in [3.63, 3.8) is 0 Å². The zero-order valence-corrected chi connectivity index (χ0v) is 13.6. The monoisotopic (exact) mass is 322 g/mol. The summed E-state index contributed by atoms with van der Waals surface area (Å²) >= 11 is 0. The lowest BCUT2D eigenvalue weighted by Gasteiger charge is -2.15. The summed E-state index contributed by atoms with van der Waals surface area (Å²) < 4.78 is 5.52. The molecule has 0 unspecified atom stereocenters. The minimum absolute atomic E-state index is 0.0881. The summed E-state index contributed by atoms with van der Waals surface area (Å²) in [6.45, 7) is 1.33. The Morgan fingerprint density at radius 1 is 1.17 bits per heavy atom. The molecule has 1 saturated heterocycles. The standard InChI is InChI=1S/C20H22N2O2/c23-20(18-8-7-17(22-18)15-4-2-1-3-5-15)21-13-14-6-9-19-16(12-14)10-11-24-19/h1-6,9,12,17-18,22H,7-8,10-11,13H2,(H,21,23)/t17-,18-/m1/s1. The van der Waals surface area contributed by atoms with Crippen molar-refractivity contribution >= 4 is 5.91 Å². The van der Waals surface area contributed by atoms with Gasteiger partial charge in [0, 0.05) is 19.0 Å². The van der Waals surface area contributed by atoms with E-state index in [1.165, 1.54) is 11.1 Å². The SMILES string of the molecule is O=C(NCc1ccc2c(c1)CCO2)[C@H]1CC[C@H](c2ccccc2)N1. The molecule has 4 heteroatoms. The molecule has 124 valence electrons. The summed E-state index contributed by atoms with van der Waals surface area (Å²) in [6, 6.07) is 16.7. The lowest BCUT2D eigenvalue weighted by Crippen LogP contribution is -2.40. The number of carbonyl (C=O) groups is 1. The smallest absolute Gasteiger partial charge is 0.237 e. The molecule has 4 rings (SSSR count). The maximum Gasteiger partial charge on any atom is 0.237 e. The third kappa shape index (κ3) is 3.15. The largest absolute Gasteiger partial charge is 0.493 e. The zero-order chi connectivity index (χ0) is 16.4. The van der Waals surface area contributed by atoms with Gasteiger partial charge in [-0.25, -0.2) is 0 Å². The van der Waals surface area contributed by atoms with Crippen LogP contribution in [0.3, 0.4) is 0 Å². The van der Waals surface area contributed by atoms with Gasteiger partial charge in [0.15, 0.2) is 0 Å². The molecule has 1 amide bonds. The van der Waals surface area contributed by atoms with Crippen LogP contribution in [-0.4, -0.2) is 18.6 Å². The van der Waals surface area contributed by atoms with E-state index < -0.39 is 0 Å². The first-order valence-corrected chi connectivity index (χ1v) is 8.63. The van der Waals surface area contributed by atoms with Crippen molar-refractivity contribution in [3.05, 3.63) is 65.2 Å². The number of hydrogen-bond donors (Lipinski definition) is 2. The molecule has 0 radical (unpaired) electrons. The van der Waals surface area contributed by atoms with E-state index in [2.05, 4.69) is 28.8 Å². The second kappa shape index (κ2) is 6.65. The third-order valence-electron chi connectivity index (χ3n) is 4.89. The maximum atomic E-state index is 12.4. The molecular formula is C20H22N2O2. The number of nitrogens with one attached hydrogen (secondary N) is 2. The van der Waals surface area contributed by atoms with Crippen LogP contribution in [0.25, 0.3) is 0 Å². The van der Waals surface area contributed by atoms with Crippen LogP contribution in [0.2, 0.25) is 0 Å². The summed E-state index contributed by atoms with van der Waals surface area (Å²) in [5.41, 5.74) is 3.63. The van der Waals surface area contributed by atoms with Crippen molar-refractivity contribution in [2.24, 2.45) is 0 Å². The highest BCUT2D eigenvalue weighted by atomic mass is 16.5. The predicted molar refractivity (Wildman–Crippen MR) is 92.8 cm³/mol. The Labute approximate surface area is 142 Å². The highest BCUT2D eigenvalue weighted by molar-refractivity contribution is 5.82. The Morgan fingerprint density at radius 3 is 2.92 bits per heavy atom. The summed E-state index contributed by atoms with van der Waals surface area (Å²) in [4.78, 5) is 12.4. The zero-order valence-electron chi connectivity index (χ0n) is 13.6. The second-order valence-corrected chi connectivity index (χ2v) is 6.52. The van der Waals surface area contributed by atoms with Gasteiger partial charge in [0.05, 0.1) is 12.6 Å². The maximum absolute atomic E-state index is 12.4. The van der Waals surface area contributed by atoms with Gasteiger partial charge in [0.25, 0.3) is 0 Å². The van der Waals surface area contributed by atoms with Crippen LogP contribution in [0.1, 0.15) is 35.6 Å². The number of amides is 1. The van der Waals surface area contributed by atoms with Crippen LogP contribution in [0.15, 0.2) is 48.5 Å². The Bertz CT molecular complexity index is 730. The first kappa shape index (κ1) is 15.2. The molecule has 0 spiro atoms. The van der Waals surface area contributed by atoms with Gasteiger partial charge >= 0.3 is 0 Å². The molecule has 0 aromatic heterocycles. The van der Waals surface area contributed by atoms with Crippen molar-refractivity contribution in [3.8, 4) is 5.75 Å². The van der Waals surface area contributed by atoms with Crippen LogP contribution in [0.5, 0.6) is 5.75 Å². The van der Waals surface area contributed by atoms with E-state index in [1.807, 2.05) is 30.3 Å². The topological polar surface area (TPSA) is 50.4 Å². The Hall–Kier alpha value is -2.33. The molecule has 0 saturated carbocycles. The molecular weight excluding hydrogens is 300 g/mol. The van der Waals surface area contributed by atoms with Crippen molar-refractivity contribution in [1.82, 2.24) is 10.6 Å². The highest BCUT2D eigenvalue weighted by Gasteiger charge is 2.29. The quantitative estimate of drug-likeness (QED) is 0.910. The van der Waals surface area contributed by atoms with E-state index in [9.17, 15) is 4.79 Å². The van der Waals surface area contributed by atoms with Gasteiger partial charge in [0.2, 0.25) is 5.91 Å². The van der Waals surface area contributed by atoms with Crippen LogP contribution < -0.4 is 15.4 Å². The molecule has 2 heterocycles. The van der Waals surface area contributed by atoms with Crippen molar-refractivity contribution in [2.75, 3.05) is 6.61 Å². The van der Waals surface area contributed by atoms with Crippen molar-refractivity contribution < 1.29 is 9.53 Å². The van der Waals surface area contributed by atoms with Crippen molar-refractivity contribution in [1.29, 1.82) is 0 Å². The van der Waals surface area contributed by atoms with Gasteiger partial charge < -0.3 is 10.1 Å². The van der Waals surface area contributed by atoms with E-state index in [1.54, 1.807) is 0 Å². The Morgan fingerprint density at radius 2 is 2.04 bits per heavy atom. The Kier molecular flexibility index (Phi) is 4.22. The summed E-state index contributed by atoms with van der Waals surface area (Å²) in [7, 11) is 0. The molecule has 2 aliphatic heterocycles. The molecule has 2 atom stereocenters. The lowest BCUT2D eigenvalue weighted by atomic mass is 10.1. The van der Waals surface area contributed by atoms with Crippen LogP contribution in [0.4, 0.5) is 0 Å². The molecule has 2 aromatic rings. The fourth-order valence-electron chi connectivity index (χ4n) is 3.56. The van der Waals surface area contributed by atoms with E-state index >= 15 is 0 Å². The van der Waals surface area contributed by atoms with Crippen LogP contribution in [-0.2, 0) is 17.8 Å². The molecule has 24 heavy (non-hydrogen) atoms. The number of ether oxygens (including phenoxy) is 1. The van der Waals surface area contributed by atoms with Gasteiger partial charge in [-0.15, -0.1) is 0 Å². The molecule has 2 aromatic carbocycles. The summed E-state index contributed by atoms with van der Waals surface area (Å²) in [5, 5.41) is 6.51. The van der Waals surface area contributed by atoms with Gasteiger partial charge in [-0.1, -0.05) is 42.5 Å². The van der Waals surface area contributed by atoms with E-state index in [0.717, 1.165) is 37.2 Å². The number of fused-ring (bicyclic) bond motifs is 1. The minimum Gasteiger partial charge on any atom is -0.493 e. The van der Waals surface area contributed by atoms with Crippen LogP contribution >= 0.6 is 0 Å². The fraction of sp³-hybridized carbons (Fsp3) is 0.350. The van der Waals surface area contributed by atoms with Gasteiger partial charge in [-0.3, -0.25) is 10.1 Å². The average molecular weight is 322 g/mol. The molecule has 2 N–H and O–H groups in total. The Balaban J connectivity index is 1.32. The number of rotatable bonds is 4. The van der Waals surface area contributed by atoms with E-state index in [0.29, 0.717) is 6.54 Å². The van der Waals surface area contributed by atoms with Gasteiger partial charge in [-0.2, -0.15) is 0 Å². The fourth-order valence-corrected chi connectivity index (χ4v) is 3.56. The summed E-state index contributed by atoms with van der Waals surface area (Å²) in [6.07, 6.45) is 2.84. The third-order valence-corrected chi connectivity index (χ3v) is 4.89. The van der Waals surface area contributed by atoms with Gasteiger partial charge in [-0.05, 0) is 35.6 Å². The average Bonchev–Trinajstić information content (AvgIpc) is 3.29. The van der Waals surface area contributed by atoms with Crippen molar-refractivity contribution in [2.45, 2.75) is 37.9 Å². The number of benzene rings is 2. The minimum atomic E-state index is -0.104. The first-order valence-electron chi connectivity index (χ1n) is 8.63. The predicted octanol–water partition coefficient (Wildman–Crippen LogP) is 2.73. The highest BCUT2D eigenvalue weighted by Crippen LogP contribution is 2.27. The number of carbonyl (C=O) groups excluding carboxylic acids is 1. The molecule has 4 nitrogen and oxygen atoms in total. The van der Waals surface area contributed by atoms with Gasteiger partial charge in [0.1, 0.15) is 5.75 Å². The number of hydrogen-bond acceptors (Lipinski definition) is 3.